The van der Waals surface area contributed by atoms with E-state index in [0.717, 1.165) is 73.2 Å². The normalized spacial score (nSPS) is 17.4. The molecule has 1 amide bonds. The Morgan fingerprint density at radius 1 is 0.921 bits per heavy atom. The van der Waals surface area contributed by atoms with Crippen molar-refractivity contribution in [3.05, 3.63) is 59.0 Å². The van der Waals surface area contributed by atoms with Crippen LogP contribution in [0.15, 0.2) is 36.5 Å². The Balaban J connectivity index is 1.36. The smallest absolute Gasteiger partial charge is 0.258 e. The molecule has 38 heavy (non-hydrogen) atoms. The Kier molecular flexibility index (Phi) is 6.98. The summed E-state index contributed by atoms with van der Waals surface area (Å²) in [5, 5.41) is 7.64. The summed E-state index contributed by atoms with van der Waals surface area (Å²) in [7, 11) is 1.99. The van der Waals surface area contributed by atoms with Crippen LogP contribution in [0.5, 0.6) is 0 Å². The highest BCUT2D eigenvalue weighted by Gasteiger charge is 2.19. The number of carbonyl (C=O) groups is 1. The molecule has 198 valence electrons. The van der Waals surface area contributed by atoms with Crippen molar-refractivity contribution in [3.63, 3.8) is 0 Å². The van der Waals surface area contributed by atoms with Crippen LogP contribution in [0.1, 0.15) is 72.3 Å². The van der Waals surface area contributed by atoms with Gasteiger partial charge in [0.05, 0.1) is 22.9 Å². The molecule has 4 aromatic rings. The molecule has 1 N–H and O–H groups in total. The minimum atomic E-state index is -0.165. The van der Waals surface area contributed by atoms with E-state index in [9.17, 15) is 4.79 Å². The number of pyridine rings is 1. The molecule has 1 aromatic carbocycles. The minimum Gasteiger partial charge on any atom is -0.310 e. The van der Waals surface area contributed by atoms with Gasteiger partial charge < -0.3 is 4.57 Å². The Morgan fingerprint density at radius 2 is 1.71 bits per heavy atom. The third-order valence-electron chi connectivity index (χ3n) is 7.99. The van der Waals surface area contributed by atoms with Gasteiger partial charge in [0.25, 0.3) is 5.91 Å². The van der Waals surface area contributed by atoms with Gasteiger partial charge in [-0.05, 0) is 81.9 Å². The molecule has 0 radical (unpaired) electrons. The van der Waals surface area contributed by atoms with E-state index in [4.69, 9.17) is 9.97 Å². The van der Waals surface area contributed by atoms with E-state index in [1.54, 1.807) is 0 Å². The summed E-state index contributed by atoms with van der Waals surface area (Å²) in [6, 6.07) is 10.3. The zero-order valence-corrected chi connectivity index (χ0v) is 22.5. The topological polar surface area (TPSA) is 80.9 Å². The Morgan fingerprint density at radius 3 is 2.58 bits per heavy atom. The quantitative estimate of drug-likeness (QED) is 0.385. The van der Waals surface area contributed by atoms with Crippen LogP contribution in [0.2, 0.25) is 0 Å². The van der Waals surface area contributed by atoms with Crippen LogP contribution in [0, 0.1) is 6.92 Å². The van der Waals surface area contributed by atoms with Crippen molar-refractivity contribution in [1.82, 2.24) is 29.2 Å². The molecule has 1 fully saturated rings. The Hall–Kier alpha value is -3.52. The van der Waals surface area contributed by atoms with E-state index in [0.29, 0.717) is 11.5 Å². The molecule has 0 spiro atoms. The lowest BCUT2D eigenvalue weighted by Gasteiger charge is -2.26. The number of rotatable bonds is 2. The molecular formula is C30H37N7O. The van der Waals surface area contributed by atoms with Gasteiger partial charge in [-0.1, -0.05) is 25.3 Å². The van der Waals surface area contributed by atoms with Crippen molar-refractivity contribution in [1.29, 1.82) is 0 Å². The van der Waals surface area contributed by atoms with Gasteiger partial charge in [-0.3, -0.25) is 24.7 Å². The first-order valence-electron chi connectivity index (χ1n) is 14.1. The fourth-order valence-corrected chi connectivity index (χ4v) is 5.96. The fraction of sp³-hybridized carbons (Fsp3) is 0.467. The number of imidazole rings is 1. The Bertz CT molecular complexity index is 1460. The van der Waals surface area contributed by atoms with Gasteiger partial charge in [-0.15, -0.1) is 0 Å². The van der Waals surface area contributed by atoms with Crippen LogP contribution in [0.3, 0.4) is 0 Å². The second-order valence-corrected chi connectivity index (χ2v) is 10.9. The monoisotopic (exact) mass is 511 g/mol. The van der Waals surface area contributed by atoms with Gasteiger partial charge >= 0.3 is 0 Å². The first-order valence-corrected chi connectivity index (χ1v) is 14.1. The van der Waals surface area contributed by atoms with Gasteiger partial charge in [0.15, 0.2) is 0 Å². The van der Waals surface area contributed by atoms with Gasteiger partial charge in [-0.2, -0.15) is 5.10 Å². The molecule has 2 aliphatic heterocycles. The van der Waals surface area contributed by atoms with E-state index < -0.39 is 0 Å². The second-order valence-electron chi connectivity index (χ2n) is 10.9. The maximum atomic E-state index is 13.5. The van der Waals surface area contributed by atoms with Gasteiger partial charge in [0.1, 0.15) is 0 Å². The highest BCUT2D eigenvalue weighted by atomic mass is 16.1. The zero-order valence-electron chi connectivity index (χ0n) is 22.5. The zero-order chi connectivity index (χ0) is 26.1. The van der Waals surface area contributed by atoms with Crippen molar-refractivity contribution in [2.24, 2.45) is 7.05 Å². The van der Waals surface area contributed by atoms with E-state index in [1.165, 1.54) is 43.6 Å². The molecule has 6 rings (SSSR count). The molecule has 8 heteroatoms. The van der Waals surface area contributed by atoms with Crippen molar-refractivity contribution >= 4 is 22.9 Å². The van der Waals surface area contributed by atoms with Crippen LogP contribution in [-0.2, 0) is 26.6 Å². The van der Waals surface area contributed by atoms with E-state index in [1.807, 2.05) is 37.0 Å². The summed E-state index contributed by atoms with van der Waals surface area (Å²) >= 11 is 0. The highest BCUT2D eigenvalue weighted by Crippen LogP contribution is 2.28. The molecule has 0 atom stereocenters. The molecule has 3 aromatic heterocycles. The molecule has 0 aliphatic carbocycles. The number of aromatic nitrogens is 5. The van der Waals surface area contributed by atoms with Crippen LogP contribution >= 0.6 is 0 Å². The predicted octanol–water partition coefficient (Wildman–Crippen LogP) is 5.49. The van der Waals surface area contributed by atoms with Gasteiger partial charge in [0.2, 0.25) is 5.95 Å². The number of likely N-dealkylation sites (tertiary alicyclic amines) is 1. The number of amides is 1. The molecule has 2 bridgehead atoms. The summed E-state index contributed by atoms with van der Waals surface area (Å²) in [6.07, 6.45) is 11.1. The lowest BCUT2D eigenvalue weighted by molar-refractivity contribution is 0.102. The average Bonchev–Trinajstić information content (AvgIpc) is 3.45. The van der Waals surface area contributed by atoms with E-state index in [2.05, 4.69) is 38.1 Å². The number of fused-ring (bicyclic) bond motifs is 7. The lowest BCUT2D eigenvalue weighted by atomic mass is 10.0. The predicted molar refractivity (Wildman–Crippen MR) is 150 cm³/mol. The van der Waals surface area contributed by atoms with Gasteiger partial charge in [-0.25, -0.2) is 4.98 Å². The molecule has 0 saturated carbocycles. The number of nitrogens with zero attached hydrogens (tertiary/aromatic N) is 6. The number of hydrogen-bond acceptors (Lipinski definition) is 5. The first kappa shape index (κ1) is 24.8. The first-order chi connectivity index (χ1) is 18.5. The van der Waals surface area contributed by atoms with Crippen LogP contribution in [-0.4, -0.2) is 48.2 Å². The minimum absolute atomic E-state index is 0.165. The molecule has 1 saturated heterocycles. The van der Waals surface area contributed by atoms with Gasteiger partial charge in [0, 0.05) is 42.7 Å². The number of benzene rings is 1. The SMILES string of the molecule is Cc1cc2cc(n1)-c1cnn(C)c1CCCCCCn1c(nc3ccc(CN4CCCCC4)cc31)NC2=O. The Labute approximate surface area is 224 Å². The van der Waals surface area contributed by atoms with Crippen molar-refractivity contribution in [2.45, 2.75) is 71.4 Å². The molecule has 5 heterocycles. The third-order valence-corrected chi connectivity index (χ3v) is 7.99. The largest absolute Gasteiger partial charge is 0.310 e. The van der Waals surface area contributed by atoms with E-state index in [-0.39, 0.29) is 5.91 Å². The number of carbonyl (C=O) groups excluding carboxylic acids is 1. The molecular weight excluding hydrogens is 474 g/mol. The van der Waals surface area contributed by atoms with E-state index >= 15 is 0 Å². The fourth-order valence-electron chi connectivity index (χ4n) is 5.96. The number of piperidine rings is 1. The van der Waals surface area contributed by atoms with Crippen LogP contribution < -0.4 is 5.32 Å². The maximum Gasteiger partial charge on any atom is 0.258 e. The third kappa shape index (κ3) is 5.10. The second kappa shape index (κ2) is 10.7. The summed E-state index contributed by atoms with van der Waals surface area (Å²) < 4.78 is 4.15. The molecule has 8 nitrogen and oxygen atoms in total. The van der Waals surface area contributed by atoms with Crippen LogP contribution in [0.4, 0.5) is 5.95 Å². The average molecular weight is 512 g/mol. The number of nitrogens with one attached hydrogen (secondary N) is 1. The number of anilines is 1. The standard InChI is InChI=1S/C30H37N7O/c1-21-16-23-18-26(32-21)24-19-31-35(2)27(24)10-6-3-4-9-15-37-28-17-22(20-36-13-7-5-8-14-36)11-12-25(28)33-30(37)34-29(23)38/h11-12,16-19H,3-10,13-15,20H2,1-2H3,(H,33,34,38). The molecule has 0 unspecified atom stereocenters. The van der Waals surface area contributed by atoms with Crippen molar-refractivity contribution < 1.29 is 4.79 Å². The maximum absolute atomic E-state index is 13.5. The summed E-state index contributed by atoms with van der Waals surface area (Å²) in [5.41, 5.74) is 7.70. The highest BCUT2D eigenvalue weighted by molar-refractivity contribution is 6.04. The number of hydrogen-bond donors (Lipinski definition) is 1. The number of aryl methyl sites for hydroxylation is 3. The summed E-state index contributed by atoms with van der Waals surface area (Å²) in [5.74, 6) is 0.454. The van der Waals surface area contributed by atoms with Crippen molar-refractivity contribution in [2.75, 3.05) is 18.4 Å². The summed E-state index contributed by atoms with van der Waals surface area (Å²) in [6.45, 7) is 6.08. The van der Waals surface area contributed by atoms with Crippen molar-refractivity contribution in [3.8, 4) is 11.3 Å². The summed E-state index contributed by atoms with van der Waals surface area (Å²) in [4.78, 5) is 25.7. The lowest BCUT2D eigenvalue weighted by Crippen LogP contribution is -2.29. The molecule has 2 aliphatic rings. The van der Waals surface area contributed by atoms with Crippen LogP contribution in [0.25, 0.3) is 22.3 Å².